The van der Waals surface area contributed by atoms with E-state index in [2.05, 4.69) is 10.3 Å². The normalized spacial score (nSPS) is 10.1. The van der Waals surface area contributed by atoms with E-state index in [-0.39, 0.29) is 5.91 Å². The molecule has 0 saturated heterocycles. The standard InChI is InChI=1S/C11H9ClN2OS/c1-7-10(16-6-13-7)11(15)14-9-4-2-3-8(12)5-9/h2-6H,1H3,(H,14,15). The van der Waals surface area contributed by atoms with Crippen LogP contribution in [-0.4, -0.2) is 10.9 Å². The Morgan fingerprint density at radius 3 is 2.94 bits per heavy atom. The van der Waals surface area contributed by atoms with Gasteiger partial charge in [0.2, 0.25) is 0 Å². The largest absolute Gasteiger partial charge is 0.321 e. The second-order valence-corrected chi connectivity index (χ2v) is 4.52. The van der Waals surface area contributed by atoms with E-state index in [1.54, 1.807) is 29.8 Å². The van der Waals surface area contributed by atoms with E-state index in [0.29, 0.717) is 15.6 Å². The number of carbonyl (C=O) groups excluding carboxylic acids is 1. The third-order valence-electron chi connectivity index (χ3n) is 2.03. The minimum absolute atomic E-state index is 0.151. The highest BCUT2D eigenvalue weighted by atomic mass is 35.5. The molecule has 0 radical (unpaired) electrons. The molecule has 1 aromatic carbocycles. The molecule has 0 aliphatic heterocycles. The van der Waals surface area contributed by atoms with Crippen LogP contribution in [-0.2, 0) is 0 Å². The first-order chi connectivity index (χ1) is 7.66. The van der Waals surface area contributed by atoms with Gasteiger partial charge in [-0.3, -0.25) is 4.79 Å². The number of rotatable bonds is 2. The summed E-state index contributed by atoms with van der Waals surface area (Å²) >= 11 is 7.15. The highest BCUT2D eigenvalue weighted by molar-refractivity contribution is 7.12. The fraction of sp³-hybridized carbons (Fsp3) is 0.0909. The number of thiazole rings is 1. The molecule has 0 saturated carbocycles. The molecule has 0 fully saturated rings. The van der Waals surface area contributed by atoms with Gasteiger partial charge in [-0.25, -0.2) is 4.98 Å². The van der Waals surface area contributed by atoms with Crippen LogP contribution < -0.4 is 5.32 Å². The molecule has 0 atom stereocenters. The lowest BCUT2D eigenvalue weighted by Gasteiger charge is -2.03. The van der Waals surface area contributed by atoms with E-state index in [1.807, 2.05) is 6.92 Å². The fourth-order valence-electron chi connectivity index (χ4n) is 1.27. The number of hydrogen-bond donors (Lipinski definition) is 1. The van der Waals surface area contributed by atoms with Crippen LogP contribution in [0.15, 0.2) is 29.8 Å². The van der Waals surface area contributed by atoms with Crippen LogP contribution in [0.3, 0.4) is 0 Å². The van der Waals surface area contributed by atoms with Crippen molar-refractivity contribution < 1.29 is 4.79 Å². The maximum absolute atomic E-state index is 11.8. The van der Waals surface area contributed by atoms with Crippen molar-refractivity contribution in [3.8, 4) is 0 Å². The smallest absolute Gasteiger partial charge is 0.267 e. The molecule has 0 spiro atoms. The van der Waals surface area contributed by atoms with Gasteiger partial charge in [0, 0.05) is 10.7 Å². The van der Waals surface area contributed by atoms with Gasteiger partial charge in [0.15, 0.2) is 0 Å². The van der Waals surface area contributed by atoms with Gasteiger partial charge in [-0.1, -0.05) is 17.7 Å². The Kier molecular flexibility index (Phi) is 3.22. The van der Waals surface area contributed by atoms with Gasteiger partial charge in [-0.05, 0) is 25.1 Å². The predicted molar refractivity (Wildman–Crippen MR) is 66.3 cm³/mol. The number of amides is 1. The van der Waals surface area contributed by atoms with Gasteiger partial charge in [0.05, 0.1) is 11.2 Å². The van der Waals surface area contributed by atoms with Crippen molar-refractivity contribution in [2.24, 2.45) is 0 Å². The molecule has 0 aliphatic rings. The lowest BCUT2D eigenvalue weighted by Crippen LogP contribution is -2.11. The number of aryl methyl sites for hydroxylation is 1. The first-order valence-electron chi connectivity index (χ1n) is 4.64. The first-order valence-corrected chi connectivity index (χ1v) is 5.89. The number of carbonyl (C=O) groups is 1. The number of benzene rings is 1. The van der Waals surface area contributed by atoms with E-state index in [4.69, 9.17) is 11.6 Å². The monoisotopic (exact) mass is 252 g/mol. The summed E-state index contributed by atoms with van der Waals surface area (Å²) in [5.41, 5.74) is 3.08. The van der Waals surface area contributed by atoms with Crippen LogP contribution in [0.5, 0.6) is 0 Å². The average molecular weight is 253 g/mol. The van der Waals surface area contributed by atoms with Crippen molar-refractivity contribution in [2.75, 3.05) is 5.32 Å². The lowest BCUT2D eigenvalue weighted by molar-refractivity contribution is 0.103. The summed E-state index contributed by atoms with van der Waals surface area (Å²) in [6.07, 6.45) is 0. The summed E-state index contributed by atoms with van der Waals surface area (Å²) < 4.78 is 0. The zero-order chi connectivity index (χ0) is 11.5. The number of halogens is 1. The molecule has 0 bridgehead atoms. The van der Waals surface area contributed by atoms with Gasteiger partial charge in [0.25, 0.3) is 5.91 Å². The van der Waals surface area contributed by atoms with E-state index >= 15 is 0 Å². The Bertz CT molecular complexity index is 524. The van der Waals surface area contributed by atoms with E-state index < -0.39 is 0 Å². The molecule has 0 aliphatic carbocycles. The predicted octanol–water partition coefficient (Wildman–Crippen LogP) is 3.36. The van der Waals surface area contributed by atoms with Crippen molar-refractivity contribution in [1.29, 1.82) is 0 Å². The molecule has 1 amide bonds. The average Bonchev–Trinajstić information content (AvgIpc) is 2.64. The van der Waals surface area contributed by atoms with Crippen molar-refractivity contribution >= 4 is 34.5 Å². The van der Waals surface area contributed by atoms with Crippen molar-refractivity contribution in [3.63, 3.8) is 0 Å². The van der Waals surface area contributed by atoms with Crippen molar-refractivity contribution in [1.82, 2.24) is 4.98 Å². The summed E-state index contributed by atoms with van der Waals surface area (Å²) in [5.74, 6) is -0.151. The molecule has 0 unspecified atom stereocenters. The van der Waals surface area contributed by atoms with Gasteiger partial charge >= 0.3 is 0 Å². The highest BCUT2D eigenvalue weighted by Crippen LogP contribution is 2.18. The van der Waals surface area contributed by atoms with Gasteiger partial charge in [-0.2, -0.15) is 0 Å². The summed E-state index contributed by atoms with van der Waals surface area (Å²) in [7, 11) is 0. The summed E-state index contributed by atoms with van der Waals surface area (Å²) in [4.78, 5) is 16.5. The number of nitrogens with one attached hydrogen (secondary N) is 1. The number of anilines is 1. The van der Waals surface area contributed by atoms with Gasteiger partial charge in [-0.15, -0.1) is 11.3 Å². The third kappa shape index (κ3) is 2.40. The fourth-order valence-corrected chi connectivity index (χ4v) is 2.16. The number of aromatic nitrogens is 1. The molecule has 1 N–H and O–H groups in total. The van der Waals surface area contributed by atoms with Gasteiger partial charge in [0.1, 0.15) is 4.88 Å². The van der Waals surface area contributed by atoms with Crippen molar-refractivity contribution in [3.05, 3.63) is 45.4 Å². The third-order valence-corrected chi connectivity index (χ3v) is 3.20. The van der Waals surface area contributed by atoms with Gasteiger partial charge < -0.3 is 5.32 Å². The molecule has 1 aromatic heterocycles. The molecule has 82 valence electrons. The molecule has 2 rings (SSSR count). The molecule has 16 heavy (non-hydrogen) atoms. The SMILES string of the molecule is Cc1ncsc1C(=O)Nc1cccc(Cl)c1. The highest BCUT2D eigenvalue weighted by Gasteiger charge is 2.11. The minimum Gasteiger partial charge on any atom is -0.321 e. The quantitative estimate of drug-likeness (QED) is 0.891. The topological polar surface area (TPSA) is 42.0 Å². The molecule has 3 nitrogen and oxygen atoms in total. The maximum Gasteiger partial charge on any atom is 0.267 e. The molecule has 1 heterocycles. The first kappa shape index (κ1) is 11.1. The second kappa shape index (κ2) is 4.63. The summed E-state index contributed by atoms with van der Waals surface area (Å²) in [6, 6.07) is 7.04. The Morgan fingerprint density at radius 1 is 1.50 bits per heavy atom. The van der Waals surface area contributed by atoms with E-state index in [1.165, 1.54) is 11.3 Å². The molecular weight excluding hydrogens is 244 g/mol. The second-order valence-electron chi connectivity index (χ2n) is 3.23. The van der Waals surface area contributed by atoms with E-state index in [0.717, 1.165) is 5.69 Å². The van der Waals surface area contributed by atoms with Crippen molar-refractivity contribution in [2.45, 2.75) is 6.92 Å². The maximum atomic E-state index is 11.8. The Balaban J connectivity index is 2.17. The van der Waals surface area contributed by atoms with Crippen LogP contribution in [0, 0.1) is 6.92 Å². The molecular formula is C11H9ClN2OS. The number of hydrogen-bond acceptors (Lipinski definition) is 3. The zero-order valence-electron chi connectivity index (χ0n) is 8.53. The lowest BCUT2D eigenvalue weighted by atomic mass is 10.3. The molecule has 5 heteroatoms. The van der Waals surface area contributed by atoms with Crippen LogP contribution in [0.1, 0.15) is 15.4 Å². The van der Waals surface area contributed by atoms with Crippen LogP contribution >= 0.6 is 22.9 Å². The van der Waals surface area contributed by atoms with Crippen LogP contribution in [0.25, 0.3) is 0 Å². The summed E-state index contributed by atoms with van der Waals surface area (Å²) in [6.45, 7) is 1.81. The molecule has 2 aromatic rings. The minimum atomic E-state index is -0.151. The van der Waals surface area contributed by atoms with Crippen LogP contribution in [0.2, 0.25) is 5.02 Å². The Labute approximate surface area is 102 Å². The zero-order valence-corrected chi connectivity index (χ0v) is 10.1. The number of nitrogens with zero attached hydrogens (tertiary/aromatic N) is 1. The van der Waals surface area contributed by atoms with Crippen LogP contribution in [0.4, 0.5) is 5.69 Å². The Morgan fingerprint density at radius 2 is 2.31 bits per heavy atom. The van der Waals surface area contributed by atoms with E-state index in [9.17, 15) is 4.79 Å². The Hall–Kier alpha value is -1.39. The summed E-state index contributed by atoms with van der Waals surface area (Å²) in [5, 5.41) is 3.37.